The van der Waals surface area contributed by atoms with Gasteiger partial charge in [-0.05, 0) is 48.7 Å². The number of halogens is 1. The number of carbonyl (C=O) groups is 1. The van der Waals surface area contributed by atoms with E-state index < -0.39 is 5.82 Å². The van der Waals surface area contributed by atoms with Crippen LogP contribution in [0.2, 0.25) is 0 Å². The van der Waals surface area contributed by atoms with Crippen molar-refractivity contribution in [3.63, 3.8) is 0 Å². The van der Waals surface area contributed by atoms with Gasteiger partial charge < -0.3 is 4.42 Å². The van der Waals surface area contributed by atoms with Crippen LogP contribution in [0.15, 0.2) is 70.2 Å². The van der Waals surface area contributed by atoms with Gasteiger partial charge in [-0.15, -0.1) is 11.8 Å². The number of anilines is 1. The Morgan fingerprint density at radius 3 is 2.81 bits per heavy atom. The van der Waals surface area contributed by atoms with Crippen LogP contribution in [-0.2, 0) is 6.54 Å². The first-order valence-corrected chi connectivity index (χ1v) is 10.2. The fourth-order valence-electron chi connectivity index (χ4n) is 2.75. The Morgan fingerprint density at radius 1 is 1.22 bits per heavy atom. The molecule has 136 valence electrons. The molecule has 0 bridgehead atoms. The summed E-state index contributed by atoms with van der Waals surface area (Å²) in [5, 5.41) is 0.553. The Labute approximate surface area is 163 Å². The highest BCUT2D eigenvalue weighted by Crippen LogP contribution is 2.35. The molecule has 0 aliphatic rings. The highest BCUT2D eigenvalue weighted by atomic mass is 32.2. The highest BCUT2D eigenvalue weighted by Gasteiger charge is 2.23. The minimum absolute atomic E-state index is 0.219. The molecule has 0 aliphatic carbocycles. The normalized spacial score (nSPS) is 11.0. The molecule has 27 heavy (non-hydrogen) atoms. The van der Waals surface area contributed by atoms with Crippen molar-refractivity contribution in [1.82, 2.24) is 4.98 Å². The van der Waals surface area contributed by atoms with Gasteiger partial charge >= 0.3 is 0 Å². The van der Waals surface area contributed by atoms with Crippen LogP contribution in [0.4, 0.5) is 9.52 Å². The molecule has 4 nitrogen and oxygen atoms in total. The summed E-state index contributed by atoms with van der Waals surface area (Å²) in [5.74, 6) is -0.146. The zero-order valence-electron chi connectivity index (χ0n) is 14.4. The number of fused-ring (bicyclic) bond motifs is 1. The van der Waals surface area contributed by atoms with Gasteiger partial charge in [-0.3, -0.25) is 9.69 Å². The van der Waals surface area contributed by atoms with E-state index in [-0.39, 0.29) is 18.0 Å². The largest absolute Gasteiger partial charge is 0.467 e. The Kier molecular flexibility index (Phi) is 4.96. The van der Waals surface area contributed by atoms with Crippen LogP contribution in [0, 0.1) is 5.82 Å². The molecule has 0 spiro atoms. The summed E-state index contributed by atoms with van der Waals surface area (Å²) in [6, 6.07) is 15.2. The maximum atomic E-state index is 13.6. The number of hydrogen-bond donors (Lipinski definition) is 0. The lowest BCUT2D eigenvalue weighted by atomic mass is 10.2. The van der Waals surface area contributed by atoms with Crippen molar-refractivity contribution in [3.05, 3.63) is 78.0 Å². The molecule has 0 N–H and O–H groups in total. The lowest BCUT2D eigenvalue weighted by Gasteiger charge is -2.18. The zero-order chi connectivity index (χ0) is 18.8. The van der Waals surface area contributed by atoms with E-state index in [1.807, 2.05) is 24.5 Å². The van der Waals surface area contributed by atoms with Gasteiger partial charge in [-0.2, -0.15) is 0 Å². The molecule has 0 atom stereocenters. The fourth-order valence-corrected chi connectivity index (χ4v) is 4.37. The molecule has 7 heteroatoms. The van der Waals surface area contributed by atoms with Gasteiger partial charge in [-0.25, -0.2) is 9.37 Å². The molecule has 4 aromatic rings. The van der Waals surface area contributed by atoms with E-state index in [1.165, 1.54) is 34.4 Å². The second-order valence-electron chi connectivity index (χ2n) is 5.78. The molecule has 0 radical (unpaired) electrons. The maximum absolute atomic E-state index is 13.6. The number of amides is 1. The number of thioether (sulfide) groups is 1. The van der Waals surface area contributed by atoms with Crippen molar-refractivity contribution in [1.29, 1.82) is 0 Å². The lowest BCUT2D eigenvalue weighted by molar-refractivity contribution is 0.0983. The molecular weight excluding hydrogens is 383 g/mol. The van der Waals surface area contributed by atoms with Gasteiger partial charge in [0.05, 0.1) is 23.0 Å². The van der Waals surface area contributed by atoms with Crippen molar-refractivity contribution >= 4 is 44.4 Å². The van der Waals surface area contributed by atoms with Crippen LogP contribution in [0.25, 0.3) is 10.2 Å². The van der Waals surface area contributed by atoms with Crippen molar-refractivity contribution in [3.8, 4) is 0 Å². The summed E-state index contributed by atoms with van der Waals surface area (Å²) in [6.45, 7) is 0.219. The number of carbonyl (C=O) groups excluding carboxylic acids is 1. The quantitative estimate of drug-likeness (QED) is 0.411. The second-order valence-corrected chi connectivity index (χ2v) is 7.64. The SMILES string of the molecule is CSc1cccc2sc(N(Cc3ccco3)C(=O)c3cccc(F)c3)nc12. The topological polar surface area (TPSA) is 46.3 Å². The van der Waals surface area contributed by atoms with Crippen molar-refractivity contribution in [2.45, 2.75) is 11.4 Å². The minimum Gasteiger partial charge on any atom is -0.467 e. The van der Waals surface area contributed by atoms with Gasteiger partial charge in [0.25, 0.3) is 5.91 Å². The number of nitrogens with zero attached hydrogens (tertiary/aromatic N) is 2. The van der Waals surface area contributed by atoms with Crippen molar-refractivity contribution < 1.29 is 13.6 Å². The highest BCUT2D eigenvalue weighted by molar-refractivity contribution is 7.98. The summed E-state index contributed by atoms with van der Waals surface area (Å²) in [6.07, 6.45) is 3.55. The number of rotatable bonds is 5. The average Bonchev–Trinajstić information content (AvgIpc) is 3.34. The van der Waals surface area contributed by atoms with Crippen LogP contribution < -0.4 is 4.90 Å². The Hall–Kier alpha value is -2.64. The molecule has 0 saturated heterocycles. The predicted molar refractivity (Wildman–Crippen MR) is 107 cm³/mol. The van der Waals surface area contributed by atoms with Gasteiger partial charge in [0.2, 0.25) is 0 Å². The third-order valence-electron chi connectivity index (χ3n) is 4.03. The molecule has 0 aliphatic heterocycles. The van der Waals surface area contributed by atoms with Crippen LogP contribution in [0.5, 0.6) is 0 Å². The molecule has 2 heterocycles. The number of furan rings is 1. The molecular formula is C20H15FN2O2S2. The van der Waals surface area contributed by atoms with Gasteiger partial charge in [0.15, 0.2) is 5.13 Å². The van der Waals surface area contributed by atoms with Crippen LogP contribution in [0.3, 0.4) is 0 Å². The molecule has 0 fully saturated rings. The maximum Gasteiger partial charge on any atom is 0.260 e. The van der Waals surface area contributed by atoms with Crippen LogP contribution >= 0.6 is 23.1 Å². The lowest BCUT2D eigenvalue weighted by Crippen LogP contribution is -2.30. The van der Waals surface area contributed by atoms with E-state index in [0.717, 1.165) is 15.1 Å². The predicted octanol–water partition coefficient (Wildman–Crippen LogP) is 5.60. The van der Waals surface area contributed by atoms with Gasteiger partial charge in [0.1, 0.15) is 11.6 Å². The molecule has 1 amide bonds. The monoisotopic (exact) mass is 398 g/mol. The summed E-state index contributed by atoms with van der Waals surface area (Å²) in [5.41, 5.74) is 1.13. The number of para-hydroxylation sites is 1. The van der Waals surface area contributed by atoms with E-state index >= 15 is 0 Å². The number of aromatic nitrogens is 1. The van der Waals surface area contributed by atoms with E-state index in [4.69, 9.17) is 9.40 Å². The van der Waals surface area contributed by atoms with E-state index in [2.05, 4.69) is 0 Å². The van der Waals surface area contributed by atoms with Gasteiger partial charge in [0, 0.05) is 10.5 Å². The summed E-state index contributed by atoms with van der Waals surface area (Å²) >= 11 is 3.04. The van der Waals surface area contributed by atoms with Crippen LogP contribution in [0.1, 0.15) is 16.1 Å². The summed E-state index contributed by atoms with van der Waals surface area (Å²) in [4.78, 5) is 20.4. The fraction of sp³-hybridized carbons (Fsp3) is 0.100. The number of hydrogen-bond acceptors (Lipinski definition) is 5. The number of benzene rings is 2. The standard InChI is InChI=1S/C20H15FN2O2S2/c1-26-16-8-3-9-17-18(16)22-20(27-17)23(12-15-7-4-10-25-15)19(24)13-5-2-6-14(21)11-13/h2-11H,12H2,1H3. The molecule has 2 aromatic carbocycles. The Bertz CT molecular complexity index is 1090. The average molecular weight is 398 g/mol. The smallest absolute Gasteiger partial charge is 0.260 e. The van der Waals surface area contributed by atoms with Crippen molar-refractivity contribution in [2.75, 3.05) is 11.2 Å². The first kappa shape index (κ1) is 17.8. The first-order valence-electron chi connectivity index (χ1n) is 8.19. The summed E-state index contributed by atoms with van der Waals surface area (Å²) < 4.78 is 20.0. The summed E-state index contributed by atoms with van der Waals surface area (Å²) in [7, 11) is 0. The first-order chi connectivity index (χ1) is 13.2. The Balaban J connectivity index is 1.79. The third-order valence-corrected chi connectivity index (χ3v) is 5.85. The third kappa shape index (κ3) is 3.61. The Morgan fingerprint density at radius 2 is 2.07 bits per heavy atom. The van der Waals surface area contributed by atoms with E-state index in [1.54, 1.807) is 36.2 Å². The van der Waals surface area contributed by atoms with E-state index in [9.17, 15) is 9.18 Å². The molecule has 2 aromatic heterocycles. The molecule has 0 unspecified atom stereocenters. The van der Waals surface area contributed by atoms with Crippen LogP contribution in [-0.4, -0.2) is 17.1 Å². The second kappa shape index (κ2) is 7.54. The van der Waals surface area contributed by atoms with Gasteiger partial charge in [-0.1, -0.05) is 23.5 Å². The number of thiazole rings is 1. The molecule has 0 saturated carbocycles. The molecule has 4 rings (SSSR count). The van der Waals surface area contributed by atoms with E-state index in [0.29, 0.717) is 10.9 Å². The zero-order valence-corrected chi connectivity index (χ0v) is 16.0. The van der Waals surface area contributed by atoms with Crippen molar-refractivity contribution in [2.24, 2.45) is 0 Å². The minimum atomic E-state index is -0.451.